The summed E-state index contributed by atoms with van der Waals surface area (Å²) < 4.78 is 33.0. The third-order valence-electron chi connectivity index (χ3n) is 4.18. The van der Waals surface area contributed by atoms with E-state index in [1.165, 1.54) is 36.4 Å². The molecule has 166 valence electrons. The van der Waals surface area contributed by atoms with Crippen molar-refractivity contribution in [3.05, 3.63) is 88.9 Å². The molecule has 0 aliphatic carbocycles. The van der Waals surface area contributed by atoms with Crippen LogP contribution < -0.4 is 20.3 Å². The number of benzene rings is 3. The molecule has 0 saturated carbocycles. The first-order valence-electron chi connectivity index (χ1n) is 9.40. The van der Waals surface area contributed by atoms with Crippen molar-refractivity contribution < 1.29 is 22.7 Å². The van der Waals surface area contributed by atoms with Crippen molar-refractivity contribution >= 4 is 39.1 Å². The van der Waals surface area contributed by atoms with E-state index in [0.717, 1.165) is 5.56 Å². The van der Waals surface area contributed by atoms with Gasteiger partial charge >= 0.3 is 0 Å². The number of rotatable bonds is 7. The molecule has 0 aliphatic rings. The number of amides is 2. The molecule has 0 saturated heterocycles. The summed E-state index contributed by atoms with van der Waals surface area (Å²) in [7, 11) is -3.94. The highest BCUT2D eigenvalue weighted by atomic mass is 35.5. The predicted octanol–water partition coefficient (Wildman–Crippen LogP) is 3.29. The molecular formula is C22H20ClN3O5S. The molecule has 3 aromatic rings. The lowest BCUT2D eigenvalue weighted by atomic mass is 10.2. The lowest BCUT2D eigenvalue weighted by Crippen LogP contribution is -2.43. The Morgan fingerprint density at radius 1 is 0.938 bits per heavy atom. The summed E-state index contributed by atoms with van der Waals surface area (Å²) in [5.74, 6) is -0.733. The van der Waals surface area contributed by atoms with Crippen molar-refractivity contribution in [2.45, 2.75) is 11.8 Å². The van der Waals surface area contributed by atoms with Crippen LogP contribution in [0, 0.1) is 6.92 Å². The highest BCUT2D eigenvalue weighted by Crippen LogP contribution is 2.19. The molecule has 0 spiro atoms. The zero-order valence-corrected chi connectivity index (χ0v) is 18.5. The Labute approximate surface area is 190 Å². The van der Waals surface area contributed by atoms with Crippen molar-refractivity contribution in [1.82, 2.24) is 10.9 Å². The van der Waals surface area contributed by atoms with Gasteiger partial charge in [0.2, 0.25) is 0 Å². The number of carbonyl (C=O) groups excluding carboxylic acids is 2. The minimum absolute atomic E-state index is 0.0453. The van der Waals surface area contributed by atoms with E-state index in [4.69, 9.17) is 16.3 Å². The summed E-state index contributed by atoms with van der Waals surface area (Å²) in [4.78, 5) is 24.2. The first kappa shape index (κ1) is 23.1. The Kier molecular flexibility index (Phi) is 7.34. The van der Waals surface area contributed by atoms with Gasteiger partial charge in [0.25, 0.3) is 21.8 Å². The van der Waals surface area contributed by atoms with Gasteiger partial charge in [-0.15, -0.1) is 0 Å². The van der Waals surface area contributed by atoms with Crippen molar-refractivity contribution in [1.29, 1.82) is 0 Å². The normalized spacial score (nSPS) is 10.8. The number of hydrazine groups is 1. The van der Waals surface area contributed by atoms with Gasteiger partial charge in [-0.2, -0.15) is 0 Å². The fourth-order valence-electron chi connectivity index (χ4n) is 2.63. The molecule has 0 bridgehead atoms. The van der Waals surface area contributed by atoms with E-state index in [1.54, 1.807) is 30.3 Å². The van der Waals surface area contributed by atoms with E-state index >= 15 is 0 Å². The van der Waals surface area contributed by atoms with Crippen LogP contribution in [0.15, 0.2) is 77.7 Å². The number of halogens is 1. The van der Waals surface area contributed by atoms with Gasteiger partial charge in [0.1, 0.15) is 5.75 Å². The van der Waals surface area contributed by atoms with Crippen LogP contribution in [0.25, 0.3) is 0 Å². The topological polar surface area (TPSA) is 114 Å². The second kappa shape index (κ2) is 10.2. The van der Waals surface area contributed by atoms with Crippen LogP contribution in [0.2, 0.25) is 5.02 Å². The molecule has 10 heteroatoms. The minimum atomic E-state index is -3.94. The van der Waals surface area contributed by atoms with Gasteiger partial charge < -0.3 is 4.74 Å². The van der Waals surface area contributed by atoms with Crippen LogP contribution in [-0.2, 0) is 14.8 Å². The minimum Gasteiger partial charge on any atom is -0.484 e. The average molecular weight is 474 g/mol. The van der Waals surface area contributed by atoms with Crippen LogP contribution >= 0.6 is 11.6 Å². The maximum absolute atomic E-state index is 12.6. The van der Waals surface area contributed by atoms with E-state index in [1.807, 2.05) is 13.0 Å². The highest BCUT2D eigenvalue weighted by molar-refractivity contribution is 7.92. The van der Waals surface area contributed by atoms with Crippen LogP contribution in [0.1, 0.15) is 15.9 Å². The fourth-order valence-corrected chi connectivity index (χ4v) is 3.86. The van der Waals surface area contributed by atoms with Crippen LogP contribution in [0.4, 0.5) is 5.69 Å². The van der Waals surface area contributed by atoms with Crippen LogP contribution in [-0.4, -0.2) is 26.8 Å². The number of ether oxygens (including phenoxy) is 1. The molecule has 2 amide bonds. The molecule has 0 radical (unpaired) electrons. The molecule has 0 aromatic heterocycles. The number of hydrogen-bond acceptors (Lipinski definition) is 5. The SMILES string of the molecule is Cc1cccc(OCC(=O)NNC(=O)c2cccc(S(=O)(=O)Nc3ccc(Cl)cc3)c2)c1. The summed E-state index contributed by atoms with van der Waals surface area (Å²) in [6.07, 6.45) is 0. The second-order valence-electron chi connectivity index (χ2n) is 6.75. The van der Waals surface area contributed by atoms with Gasteiger partial charge in [0.05, 0.1) is 4.90 Å². The van der Waals surface area contributed by atoms with Crippen molar-refractivity contribution in [3.63, 3.8) is 0 Å². The Morgan fingerprint density at radius 3 is 2.38 bits per heavy atom. The fraction of sp³-hybridized carbons (Fsp3) is 0.0909. The molecule has 32 heavy (non-hydrogen) atoms. The Bertz CT molecular complexity index is 1230. The Hall–Kier alpha value is -3.56. The summed E-state index contributed by atoms with van der Waals surface area (Å²) >= 11 is 5.81. The maximum Gasteiger partial charge on any atom is 0.276 e. The third kappa shape index (κ3) is 6.47. The maximum atomic E-state index is 12.6. The van der Waals surface area contributed by atoms with Gasteiger partial charge in [0, 0.05) is 16.3 Å². The van der Waals surface area contributed by atoms with E-state index in [-0.39, 0.29) is 17.1 Å². The molecular weight excluding hydrogens is 454 g/mol. The van der Waals surface area contributed by atoms with Gasteiger partial charge in [-0.05, 0) is 67.1 Å². The molecule has 0 atom stereocenters. The number of nitrogens with one attached hydrogen (secondary N) is 3. The summed E-state index contributed by atoms with van der Waals surface area (Å²) in [6, 6.07) is 18.7. The van der Waals surface area contributed by atoms with Crippen molar-refractivity contribution in [3.8, 4) is 5.75 Å². The quantitative estimate of drug-likeness (QED) is 0.456. The molecule has 3 N–H and O–H groups in total. The third-order valence-corrected chi connectivity index (χ3v) is 5.81. The molecule has 0 aliphatic heterocycles. The predicted molar refractivity (Wildman–Crippen MR) is 121 cm³/mol. The smallest absolute Gasteiger partial charge is 0.276 e. The van der Waals surface area contributed by atoms with E-state index < -0.39 is 21.8 Å². The van der Waals surface area contributed by atoms with E-state index in [9.17, 15) is 18.0 Å². The van der Waals surface area contributed by atoms with Gasteiger partial charge in [0.15, 0.2) is 6.61 Å². The Morgan fingerprint density at radius 2 is 1.66 bits per heavy atom. The van der Waals surface area contributed by atoms with Gasteiger partial charge in [-0.3, -0.25) is 25.2 Å². The van der Waals surface area contributed by atoms with Crippen molar-refractivity contribution in [2.24, 2.45) is 0 Å². The number of carbonyl (C=O) groups is 2. The van der Waals surface area contributed by atoms with Crippen LogP contribution in [0.5, 0.6) is 5.75 Å². The van der Waals surface area contributed by atoms with E-state index in [0.29, 0.717) is 16.5 Å². The molecule has 8 nitrogen and oxygen atoms in total. The first-order valence-corrected chi connectivity index (χ1v) is 11.3. The summed E-state index contributed by atoms with van der Waals surface area (Å²) in [5.41, 5.74) is 5.81. The molecule has 0 unspecified atom stereocenters. The summed E-state index contributed by atoms with van der Waals surface area (Å²) in [5, 5.41) is 0.470. The lowest BCUT2D eigenvalue weighted by molar-refractivity contribution is -0.123. The second-order valence-corrected chi connectivity index (χ2v) is 8.87. The van der Waals surface area contributed by atoms with Gasteiger partial charge in [-0.1, -0.05) is 29.8 Å². The standard InChI is InChI=1S/C22H20ClN3O5S/c1-15-4-2-6-19(12-15)31-14-21(27)24-25-22(28)16-5-3-7-20(13-16)32(29,30)26-18-10-8-17(23)9-11-18/h2-13,26H,14H2,1H3,(H,24,27)(H,25,28). The Balaban J connectivity index is 1.58. The zero-order valence-electron chi connectivity index (χ0n) is 17.0. The monoisotopic (exact) mass is 473 g/mol. The van der Waals surface area contributed by atoms with Crippen molar-refractivity contribution in [2.75, 3.05) is 11.3 Å². The number of aryl methyl sites for hydroxylation is 1. The zero-order chi connectivity index (χ0) is 23.1. The lowest BCUT2D eigenvalue weighted by Gasteiger charge is -2.11. The highest BCUT2D eigenvalue weighted by Gasteiger charge is 2.17. The largest absolute Gasteiger partial charge is 0.484 e. The number of sulfonamides is 1. The first-order chi connectivity index (χ1) is 15.2. The number of anilines is 1. The molecule has 3 aromatic carbocycles. The molecule has 3 rings (SSSR count). The summed E-state index contributed by atoms with van der Waals surface area (Å²) in [6.45, 7) is 1.59. The molecule has 0 fully saturated rings. The average Bonchev–Trinajstić information content (AvgIpc) is 2.77. The van der Waals surface area contributed by atoms with E-state index in [2.05, 4.69) is 15.6 Å². The molecule has 0 heterocycles. The number of hydrogen-bond donors (Lipinski definition) is 3. The van der Waals surface area contributed by atoms with Gasteiger partial charge in [-0.25, -0.2) is 8.42 Å². The van der Waals surface area contributed by atoms with Crippen LogP contribution in [0.3, 0.4) is 0 Å².